The minimum atomic E-state index is -0.136. The molecule has 0 aliphatic rings. The number of thiazole rings is 1. The summed E-state index contributed by atoms with van der Waals surface area (Å²) in [4.78, 5) is 16.4. The van der Waals surface area contributed by atoms with Gasteiger partial charge in [0.1, 0.15) is 10.7 Å². The lowest BCUT2D eigenvalue weighted by Crippen LogP contribution is -2.28. The second kappa shape index (κ2) is 7.17. The van der Waals surface area contributed by atoms with E-state index in [1.54, 1.807) is 5.38 Å². The SMILES string of the molecule is CCCC(NC(=O)c1csc(CN)n1)c1ccccc1. The van der Waals surface area contributed by atoms with Crippen molar-refractivity contribution in [3.05, 3.63) is 52.0 Å². The molecule has 1 heterocycles. The zero-order valence-electron chi connectivity index (χ0n) is 11.5. The van der Waals surface area contributed by atoms with Crippen LogP contribution in [0.5, 0.6) is 0 Å². The highest BCUT2D eigenvalue weighted by atomic mass is 32.1. The summed E-state index contributed by atoms with van der Waals surface area (Å²) >= 11 is 1.42. The monoisotopic (exact) mass is 289 g/mol. The van der Waals surface area contributed by atoms with Crippen LogP contribution in [0.4, 0.5) is 0 Å². The van der Waals surface area contributed by atoms with Gasteiger partial charge in [-0.05, 0) is 12.0 Å². The average Bonchev–Trinajstić information content (AvgIpc) is 2.97. The Morgan fingerprint density at radius 2 is 2.15 bits per heavy atom. The fourth-order valence-electron chi connectivity index (χ4n) is 2.04. The Morgan fingerprint density at radius 3 is 2.75 bits per heavy atom. The Morgan fingerprint density at radius 1 is 1.40 bits per heavy atom. The van der Waals surface area contributed by atoms with Gasteiger partial charge in [0.05, 0.1) is 6.04 Å². The van der Waals surface area contributed by atoms with Gasteiger partial charge in [0.15, 0.2) is 0 Å². The number of nitrogens with two attached hydrogens (primary N) is 1. The molecule has 1 aromatic heterocycles. The molecule has 20 heavy (non-hydrogen) atoms. The highest BCUT2D eigenvalue weighted by Gasteiger charge is 2.16. The summed E-state index contributed by atoms with van der Waals surface area (Å²) in [5.41, 5.74) is 7.09. The lowest BCUT2D eigenvalue weighted by atomic mass is 10.0. The highest BCUT2D eigenvalue weighted by Crippen LogP contribution is 2.19. The Bertz CT molecular complexity index is 553. The molecule has 3 N–H and O–H groups in total. The van der Waals surface area contributed by atoms with Crippen molar-refractivity contribution in [1.29, 1.82) is 0 Å². The van der Waals surface area contributed by atoms with E-state index in [0.717, 1.165) is 23.4 Å². The van der Waals surface area contributed by atoms with E-state index in [2.05, 4.69) is 17.2 Å². The van der Waals surface area contributed by atoms with E-state index in [-0.39, 0.29) is 11.9 Å². The number of nitrogens with one attached hydrogen (secondary N) is 1. The molecule has 1 atom stereocenters. The minimum absolute atomic E-state index is 0.0247. The second-order valence-corrected chi connectivity index (χ2v) is 5.50. The van der Waals surface area contributed by atoms with E-state index in [1.165, 1.54) is 11.3 Å². The Hall–Kier alpha value is -1.72. The van der Waals surface area contributed by atoms with Crippen LogP contribution in [-0.4, -0.2) is 10.9 Å². The molecule has 5 heteroatoms. The van der Waals surface area contributed by atoms with E-state index in [9.17, 15) is 4.79 Å². The maximum absolute atomic E-state index is 12.2. The van der Waals surface area contributed by atoms with Gasteiger partial charge >= 0.3 is 0 Å². The molecule has 4 nitrogen and oxygen atoms in total. The van der Waals surface area contributed by atoms with E-state index in [0.29, 0.717) is 12.2 Å². The maximum atomic E-state index is 12.2. The number of carbonyl (C=O) groups excluding carboxylic acids is 1. The molecule has 1 aromatic carbocycles. The van der Waals surface area contributed by atoms with Gasteiger partial charge < -0.3 is 11.1 Å². The lowest BCUT2D eigenvalue weighted by molar-refractivity contribution is 0.0930. The van der Waals surface area contributed by atoms with Gasteiger partial charge in [-0.1, -0.05) is 43.7 Å². The van der Waals surface area contributed by atoms with Crippen molar-refractivity contribution in [2.24, 2.45) is 5.73 Å². The van der Waals surface area contributed by atoms with Gasteiger partial charge in [-0.25, -0.2) is 4.98 Å². The topological polar surface area (TPSA) is 68.0 Å². The molecule has 2 aromatic rings. The van der Waals surface area contributed by atoms with Crippen LogP contribution < -0.4 is 11.1 Å². The van der Waals surface area contributed by atoms with Crippen LogP contribution in [0.3, 0.4) is 0 Å². The first-order valence-corrected chi connectivity index (χ1v) is 7.62. The summed E-state index contributed by atoms with van der Waals surface area (Å²) in [5, 5.41) is 5.59. The third kappa shape index (κ3) is 3.65. The van der Waals surface area contributed by atoms with Crippen LogP contribution in [0.25, 0.3) is 0 Å². The third-order valence-corrected chi connectivity index (χ3v) is 3.91. The Kier molecular flexibility index (Phi) is 5.26. The van der Waals surface area contributed by atoms with E-state index >= 15 is 0 Å². The first kappa shape index (κ1) is 14.7. The molecular formula is C15H19N3OS. The van der Waals surface area contributed by atoms with Crippen LogP contribution in [-0.2, 0) is 6.54 Å². The number of rotatable bonds is 6. The van der Waals surface area contributed by atoms with Crippen molar-refractivity contribution < 1.29 is 4.79 Å². The number of aromatic nitrogens is 1. The number of amides is 1. The van der Waals surface area contributed by atoms with Gasteiger partial charge in [0, 0.05) is 11.9 Å². The van der Waals surface area contributed by atoms with Crippen LogP contribution in [0.2, 0.25) is 0 Å². The molecule has 0 bridgehead atoms. The number of nitrogens with zero attached hydrogens (tertiary/aromatic N) is 1. The standard InChI is InChI=1S/C15H19N3OS/c1-2-6-12(11-7-4-3-5-8-11)18-15(19)13-10-20-14(9-16)17-13/h3-5,7-8,10,12H,2,6,9,16H2,1H3,(H,18,19). The first-order chi connectivity index (χ1) is 9.74. The number of hydrogen-bond donors (Lipinski definition) is 2. The average molecular weight is 289 g/mol. The lowest BCUT2D eigenvalue weighted by Gasteiger charge is -2.18. The van der Waals surface area contributed by atoms with Crippen molar-refractivity contribution in [3.63, 3.8) is 0 Å². The van der Waals surface area contributed by atoms with Crippen LogP contribution in [0.15, 0.2) is 35.7 Å². The van der Waals surface area contributed by atoms with E-state index in [1.807, 2.05) is 30.3 Å². The van der Waals surface area contributed by atoms with Gasteiger partial charge in [-0.3, -0.25) is 4.79 Å². The predicted molar refractivity (Wildman–Crippen MR) is 81.6 cm³/mol. The zero-order chi connectivity index (χ0) is 14.4. The third-order valence-electron chi connectivity index (χ3n) is 3.04. The quantitative estimate of drug-likeness (QED) is 0.859. The first-order valence-electron chi connectivity index (χ1n) is 6.75. The molecule has 0 fully saturated rings. The van der Waals surface area contributed by atoms with Crippen molar-refractivity contribution in [2.45, 2.75) is 32.4 Å². The van der Waals surface area contributed by atoms with Gasteiger partial charge in [0.25, 0.3) is 5.91 Å². The molecule has 2 rings (SSSR count). The summed E-state index contributed by atoms with van der Waals surface area (Å²) in [5.74, 6) is -0.136. The second-order valence-electron chi connectivity index (χ2n) is 4.56. The summed E-state index contributed by atoms with van der Waals surface area (Å²) in [6.07, 6.45) is 1.91. The number of carbonyl (C=O) groups is 1. The molecule has 0 radical (unpaired) electrons. The van der Waals surface area contributed by atoms with Crippen LogP contribution in [0, 0.1) is 0 Å². The molecular weight excluding hydrogens is 270 g/mol. The molecule has 0 aliphatic carbocycles. The summed E-state index contributed by atoms with van der Waals surface area (Å²) in [6.45, 7) is 2.48. The number of hydrogen-bond acceptors (Lipinski definition) is 4. The van der Waals surface area contributed by atoms with Crippen molar-refractivity contribution in [2.75, 3.05) is 0 Å². The number of benzene rings is 1. The van der Waals surface area contributed by atoms with Gasteiger partial charge in [-0.15, -0.1) is 11.3 Å². The summed E-state index contributed by atoms with van der Waals surface area (Å²) < 4.78 is 0. The molecule has 0 spiro atoms. The Labute approximate surface area is 123 Å². The van der Waals surface area contributed by atoms with E-state index < -0.39 is 0 Å². The van der Waals surface area contributed by atoms with E-state index in [4.69, 9.17) is 5.73 Å². The molecule has 1 amide bonds. The van der Waals surface area contributed by atoms with Gasteiger partial charge in [0.2, 0.25) is 0 Å². The molecule has 106 valence electrons. The van der Waals surface area contributed by atoms with Crippen molar-refractivity contribution in [3.8, 4) is 0 Å². The minimum Gasteiger partial charge on any atom is -0.344 e. The molecule has 0 saturated heterocycles. The molecule has 1 unspecified atom stereocenters. The largest absolute Gasteiger partial charge is 0.344 e. The maximum Gasteiger partial charge on any atom is 0.271 e. The van der Waals surface area contributed by atoms with Crippen molar-refractivity contribution in [1.82, 2.24) is 10.3 Å². The summed E-state index contributed by atoms with van der Waals surface area (Å²) in [7, 11) is 0. The van der Waals surface area contributed by atoms with Crippen LogP contribution >= 0.6 is 11.3 Å². The molecule has 0 aliphatic heterocycles. The Balaban J connectivity index is 2.10. The smallest absolute Gasteiger partial charge is 0.271 e. The van der Waals surface area contributed by atoms with Gasteiger partial charge in [-0.2, -0.15) is 0 Å². The fraction of sp³-hybridized carbons (Fsp3) is 0.333. The zero-order valence-corrected chi connectivity index (χ0v) is 12.3. The normalized spacial score (nSPS) is 12.1. The van der Waals surface area contributed by atoms with Crippen LogP contribution in [0.1, 0.15) is 46.9 Å². The fourth-order valence-corrected chi connectivity index (χ4v) is 2.69. The summed E-state index contributed by atoms with van der Waals surface area (Å²) in [6, 6.07) is 10.0. The molecule has 0 saturated carbocycles. The highest BCUT2D eigenvalue weighted by molar-refractivity contribution is 7.09. The van der Waals surface area contributed by atoms with Crippen molar-refractivity contribution >= 4 is 17.2 Å². The predicted octanol–water partition coefficient (Wildman–Crippen LogP) is 2.87.